The van der Waals surface area contributed by atoms with Gasteiger partial charge in [-0.15, -0.1) is 0 Å². The van der Waals surface area contributed by atoms with Gasteiger partial charge in [0, 0.05) is 6.54 Å². The van der Waals surface area contributed by atoms with E-state index < -0.39 is 0 Å². The van der Waals surface area contributed by atoms with Crippen LogP contribution in [0.2, 0.25) is 6.32 Å². The Hall–Kier alpha value is -0.525. The van der Waals surface area contributed by atoms with Gasteiger partial charge in [0.2, 0.25) is 0 Å². The highest BCUT2D eigenvalue weighted by atomic mass is 16.3. The molecule has 0 aliphatic rings. The lowest BCUT2D eigenvalue weighted by Gasteiger charge is -2.12. The lowest BCUT2D eigenvalue weighted by atomic mass is 9.98. The molecule has 0 saturated heterocycles. The topological polar surface area (TPSA) is 56.0 Å². The summed E-state index contributed by atoms with van der Waals surface area (Å²) in [5.74, 6) is -0.316. The zero-order valence-corrected chi connectivity index (χ0v) is 6.75. The number of rotatable bonds is 5. The van der Waals surface area contributed by atoms with Crippen molar-refractivity contribution in [2.45, 2.75) is 19.3 Å². The number of nitrogens with zero attached hydrogens (tertiary/aromatic N) is 1. The fourth-order valence-corrected chi connectivity index (χ4v) is 0.578. The first-order chi connectivity index (χ1) is 5.24. The van der Waals surface area contributed by atoms with Crippen LogP contribution >= 0.6 is 0 Å². The summed E-state index contributed by atoms with van der Waals surface area (Å²) in [5, 5.41) is 20.1. The smallest absolute Gasteiger partial charge is 0.0818 e. The van der Waals surface area contributed by atoms with Crippen LogP contribution in [-0.2, 0) is 0 Å². The van der Waals surface area contributed by atoms with Crippen LogP contribution in [0.3, 0.4) is 0 Å². The summed E-state index contributed by atoms with van der Waals surface area (Å²) in [4.78, 5) is 0. The first kappa shape index (κ1) is 10.5. The van der Waals surface area contributed by atoms with Crippen LogP contribution in [0.1, 0.15) is 6.92 Å². The number of aliphatic hydroxyl groups excluding tert-OH is 1. The zero-order valence-electron chi connectivity index (χ0n) is 6.75. The molecule has 11 heavy (non-hydrogen) atoms. The van der Waals surface area contributed by atoms with Gasteiger partial charge in [0.15, 0.2) is 0 Å². The molecule has 0 rings (SSSR count). The second-order valence-corrected chi connectivity index (χ2v) is 2.55. The van der Waals surface area contributed by atoms with Crippen molar-refractivity contribution in [3.8, 4) is 6.07 Å². The summed E-state index contributed by atoms with van der Waals surface area (Å²) < 4.78 is 0. The van der Waals surface area contributed by atoms with Crippen molar-refractivity contribution in [2.24, 2.45) is 5.92 Å². The van der Waals surface area contributed by atoms with Crippen LogP contribution in [0.15, 0.2) is 0 Å². The molecule has 0 fully saturated rings. The maximum absolute atomic E-state index is 8.62. The Balaban J connectivity index is 3.44. The Morgan fingerprint density at radius 3 is 2.73 bits per heavy atom. The number of hydrogen-bond donors (Lipinski definition) is 2. The zero-order chi connectivity index (χ0) is 8.69. The van der Waals surface area contributed by atoms with Gasteiger partial charge in [-0.05, 0) is 6.04 Å². The van der Waals surface area contributed by atoms with E-state index in [9.17, 15) is 0 Å². The first-order valence-electron chi connectivity index (χ1n) is 3.68. The van der Waals surface area contributed by atoms with Crippen molar-refractivity contribution in [3.63, 3.8) is 0 Å². The molecule has 2 unspecified atom stereocenters. The highest BCUT2D eigenvalue weighted by Gasteiger charge is 2.05. The molecule has 0 aliphatic heterocycles. The summed E-state index contributed by atoms with van der Waals surface area (Å²) in [5.41, 5.74) is 0. The van der Waals surface area contributed by atoms with Gasteiger partial charge in [-0.3, -0.25) is 0 Å². The molecular weight excluding hydrogens is 139 g/mol. The summed E-state index contributed by atoms with van der Waals surface area (Å²) in [7, 11) is 5.33. The number of nitriles is 1. The van der Waals surface area contributed by atoms with Crippen LogP contribution in [0.4, 0.5) is 0 Å². The molecule has 0 bridgehead atoms. The van der Waals surface area contributed by atoms with Gasteiger partial charge >= 0.3 is 0 Å². The van der Waals surface area contributed by atoms with Crippen LogP contribution in [0.5, 0.6) is 0 Å². The first-order valence-corrected chi connectivity index (χ1v) is 3.68. The van der Waals surface area contributed by atoms with E-state index in [1.165, 1.54) is 0 Å². The maximum Gasteiger partial charge on any atom is 0.0818 e. The van der Waals surface area contributed by atoms with Crippen molar-refractivity contribution >= 4 is 7.85 Å². The fraction of sp³-hybridized carbons (Fsp3) is 0.857. The van der Waals surface area contributed by atoms with Gasteiger partial charge in [0.05, 0.1) is 26.4 Å². The van der Waals surface area contributed by atoms with E-state index in [0.29, 0.717) is 12.9 Å². The highest BCUT2D eigenvalue weighted by molar-refractivity contribution is 6.08. The number of nitrogens with one attached hydrogen (secondary N) is 1. The Morgan fingerprint density at radius 1 is 1.73 bits per heavy atom. The summed E-state index contributed by atoms with van der Waals surface area (Å²) >= 11 is 0. The molecule has 0 aromatic rings. The number of aliphatic hydroxyl groups is 1. The maximum atomic E-state index is 8.62. The van der Waals surface area contributed by atoms with Crippen molar-refractivity contribution in [1.82, 2.24) is 5.32 Å². The van der Waals surface area contributed by atoms with Crippen LogP contribution < -0.4 is 5.32 Å². The van der Waals surface area contributed by atoms with Crippen molar-refractivity contribution in [3.05, 3.63) is 0 Å². The van der Waals surface area contributed by atoms with Gasteiger partial charge < -0.3 is 10.4 Å². The molecular formula is C7H13BN2O. The van der Waals surface area contributed by atoms with E-state index in [1.54, 1.807) is 0 Å². The lowest BCUT2D eigenvalue weighted by molar-refractivity contribution is 0.250. The van der Waals surface area contributed by atoms with Crippen LogP contribution in [0.25, 0.3) is 0 Å². The molecule has 2 radical (unpaired) electrons. The Labute approximate surface area is 68.8 Å². The molecule has 2 atom stereocenters. The standard InChI is InChI=1S/C7H13BN2O/c1-6(2-8)10-4-7(3-9)5-11/h6-7,10-11H,2,4-5H2,1H3. The monoisotopic (exact) mass is 152 g/mol. The van der Waals surface area contributed by atoms with Gasteiger partial charge in [-0.1, -0.05) is 13.2 Å². The van der Waals surface area contributed by atoms with Crippen LogP contribution in [-0.4, -0.2) is 32.1 Å². The SMILES string of the molecule is [B]CC(C)NCC(C#N)CO. The van der Waals surface area contributed by atoms with Crippen molar-refractivity contribution in [1.29, 1.82) is 5.26 Å². The third kappa shape index (κ3) is 4.82. The van der Waals surface area contributed by atoms with E-state index in [1.807, 2.05) is 13.0 Å². The van der Waals surface area contributed by atoms with Gasteiger partial charge in [0.25, 0.3) is 0 Å². The minimum absolute atomic E-state index is 0.0964. The molecule has 0 spiro atoms. The molecule has 0 aliphatic carbocycles. The Kier molecular flexibility index (Phi) is 5.91. The molecule has 0 aromatic carbocycles. The molecule has 3 nitrogen and oxygen atoms in total. The minimum atomic E-state index is -0.316. The quantitative estimate of drug-likeness (QED) is 0.531. The fourth-order valence-electron chi connectivity index (χ4n) is 0.578. The highest BCUT2D eigenvalue weighted by Crippen LogP contribution is 1.92. The second kappa shape index (κ2) is 6.20. The third-order valence-corrected chi connectivity index (χ3v) is 1.47. The van der Waals surface area contributed by atoms with E-state index >= 15 is 0 Å². The van der Waals surface area contributed by atoms with Crippen molar-refractivity contribution in [2.75, 3.05) is 13.2 Å². The average molecular weight is 152 g/mol. The molecule has 0 saturated carbocycles. The Morgan fingerprint density at radius 2 is 2.36 bits per heavy atom. The van der Waals surface area contributed by atoms with E-state index in [2.05, 4.69) is 5.32 Å². The second-order valence-electron chi connectivity index (χ2n) is 2.55. The summed E-state index contributed by atoms with van der Waals surface area (Å²) in [6.45, 7) is 2.35. The normalized spacial score (nSPS) is 15.4. The van der Waals surface area contributed by atoms with Crippen LogP contribution in [0, 0.1) is 17.2 Å². The predicted molar refractivity (Wildman–Crippen MR) is 44.2 cm³/mol. The van der Waals surface area contributed by atoms with Gasteiger partial charge in [-0.2, -0.15) is 5.26 Å². The molecule has 2 N–H and O–H groups in total. The summed E-state index contributed by atoms with van der Waals surface area (Å²) in [6.07, 6.45) is 0.545. The molecule has 0 heterocycles. The predicted octanol–water partition coefficient (Wildman–Crippen LogP) is -0.317. The lowest BCUT2D eigenvalue weighted by Crippen LogP contribution is -2.31. The molecule has 0 aromatic heterocycles. The number of hydrogen-bond acceptors (Lipinski definition) is 3. The summed E-state index contributed by atoms with van der Waals surface area (Å²) in [6, 6.07) is 2.18. The van der Waals surface area contributed by atoms with Gasteiger partial charge in [0.1, 0.15) is 0 Å². The van der Waals surface area contributed by atoms with E-state index in [4.69, 9.17) is 18.2 Å². The minimum Gasteiger partial charge on any atom is -0.395 e. The van der Waals surface area contributed by atoms with E-state index in [0.717, 1.165) is 0 Å². The van der Waals surface area contributed by atoms with Gasteiger partial charge in [-0.25, -0.2) is 0 Å². The molecule has 4 heteroatoms. The largest absolute Gasteiger partial charge is 0.395 e. The van der Waals surface area contributed by atoms with Crippen molar-refractivity contribution < 1.29 is 5.11 Å². The molecule has 0 amide bonds. The Bertz CT molecular complexity index is 135. The molecule has 60 valence electrons. The average Bonchev–Trinajstić information content (AvgIpc) is 2.06. The van der Waals surface area contributed by atoms with E-state index in [-0.39, 0.29) is 18.6 Å². The third-order valence-electron chi connectivity index (χ3n) is 1.47.